The van der Waals surface area contributed by atoms with Gasteiger partial charge in [-0.2, -0.15) is 0 Å². The van der Waals surface area contributed by atoms with Gasteiger partial charge in [-0.05, 0) is 23.6 Å². The van der Waals surface area contributed by atoms with Gasteiger partial charge in [-0.3, -0.25) is 4.90 Å². The second-order valence-electron chi connectivity index (χ2n) is 5.34. The summed E-state index contributed by atoms with van der Waals surface area (Å²) >= 11 is 0. The molecule has 1 saturated heterocycles. The Morgan fingerprint density at radius 2 is 2.00 bits per heavy atom. The smallest absolute Gasteiger partial charge is 0.343 e. The van der Waals surface area contributed by atoms with Crippen LogP contribution in [0.25, 0.3) is 0 Å². The highest BCUT2D eigenvalue weighted by molar-refractivity contribution is 5.85. The van der Waals surface area contributed by atoms with Crippen LogP contribution in [0.15, 0.2) is 24.3 Å². The fourth-order valence-electron chi connectivity index (χ4n) is 2.37. The fraction of sp³-hybridized carbons (Fsp3) is 0.533. The number of halogens is 1. The molecule has 0 aromatic heterocycles. The molecular weight excluding hydrogens is 292 g/mol. The van der Waals surface area contributed by atoms with Gasteiger partial charge in [0, 0.05) is 25.7 Å². The van der Waals surface area contributed by atoms with Crippen LogP contribution >= 0.6 is 12.4 Å². The van der Waals surface area contributed by atoms with E-state index in [1.54, 1.807) is 0 Å². The number of benzene rings is 1. The Labute approximate surface area is 131 Å². The molecule has 2 rings (SSSR count). The molecule has 1 aliphatic rings. The summed E-state index contributed by atoms with van der Waals surface area (Å²) in [6, 6.07) is 8.05. The third kappa shape index (κ3) is 5.19. The number of methoxy groups -OCH3 is 1. The second-order valence-corrected chi connectivity index (χ2v) is 5.34. The minimum atomic E-state index is -0.380. The van der Waals surface area contributed by atoms with Crippen molar-refractivity contribution in [1.29, 1.82) is 0 Å². The first-order valence-corrected chi connectivity index (χ1v) is 6.85. The van der Waals surface area contributed by atoms with E-state index in [0.29, 0.717) is 11.7 Å². The van der Waals surface area contributed by atoms with E-state index in [-0.39, 0.29) is 31.0 Å². The predicted molar refractivity (Wildman–Crippen MR) is 83.6 cm³/mol. The van der Waals surface area contributed by atoms with E-state index in [4.69, 9.17) is 10.5 Å². The molecule has 1 aliphatic heterocycles. The van der Waals surface area contributed by atoms with Gasteiger partial charge in [0.05, 0.1) is 7.11 Å². The van der Waals surface area contributed by atoms with Crippen LogP contribution in [0.2, 0.25) is 0 Å². The molecular formula is C15H23ClN2O3. The third-order valence-corrected chi connectivity index (χ3v) is 3.66. The SMILES string of the molecule is COC(=O)COc1ccc(CN2CC(C)C(N)C2)cc1.Cl. The molecule has 118 valence electrons. The van der Waals surface area contributed by atoms with Crippen LogP contribution in [0.3, 0.4) is 0 Å². The lowest BCUT2D eigenvalue weighted by molar-refractivity contribution is -0.142. The zero-order chi connectivity index (χ0) is 14.5. The number of ether oxygens (including phenoxy) is 2. The van der Waals surface area contributed by atoms with Crippen LogP contribution in [0, 0.1) is 5.92 Å². The number of hydrogen-bond acceptors (Lipinski definition) is 5. The van der Waals surface area contributed by atoms with Crippen molar-refractivity contribution in [3.63, 3.8) is 0 Å². The molecule has 2 unspecified atom stereocenters. The van der Waals surface area contributed by atoms with E-state index in [1.807, 2.05) is 24.3 Å². The molecule has 0 radical (unpaired) electrons. The normalized spacial score (nSPS) is 21.7. The molecule has 0 spiro atoms. The number of rotatable bonds is 5. The zero-order valence-corrected chi connectivity index (χ0v) is 13.3. The second kappa shape index (κ2) is 8.22. The Hall–Kier alpha value is -1.30. The van der Waals surface area contributed by atoms with Gasteiger partial charge in [-0.15, -0.1) is 12.4 Å². The standard InChI is InChI=1S/C15H22N2O3.ClH/c1-11-7-17(9-14(11)16)8-12-3-5-13(6-4-12)20-10-15(18)19-2;/h3-6,11,14H,7-10,16H2,1-2H3;1H. The lowest BCUT2D eigenvalue weighted by Gasteiger charge is -2.15. The van der Waals surface area contributed by atoms with Gasteiger partial charge >= 0.3 is 5.97 Å². The Morgan fingerprint density at radius 1 is 1.33 bits per heavy atom. The molecule has 6 heteroatoms. The predicted octanol–water partition coefficient (Wildman–Crippen LogP) is 1.44. The van der Waals surface area contributed by atoms with Crippen LogP contribution in [0.1, 0.15) is 12.5 Å². The maximum absolute atomic E-state index is 11.0. The molecule has 2 atom stereocenters. The molecule has 0 saturated carbocycles. The van der Waals surface area contributed by atoms with Crippen molar-refractivity contribution < 1.29 is 14.3 Å². The highest BCUT2D eigenvalue weighted by Crippen LogP contribution is 2.19. The van der Waals surface area contributed by atoms with Crippen molar-refractivity contribution in [3.8, 4) is 5.75 Å². The average Bonchev–Trinajstić information content (AvgIpc) is 2.76. The van der Waals surface area contributed by atoms with Crippen molar-refractivity contribution in [2.75, 3.05) is 26.8 Å². The fourth-order valence-corrected chi connectivity index (χ4v) is 2.37. The first-order chi connectivity index (χ1) is 9.58. The zero-order valence-electron chi connectivity index (χ0n) is 12.5. The summed E-state index contributed by atoms with van der Waals surface area (Å²) in [5.74, 6) is 0.845. The Morgan fingerprint density at radius 3 is 2.52 bits per heavy atom. The number of nitrogens with two attached hydrogens (primary N) is 1. The molecule has 0 aliphatic carbocycles. The number of hydrogen-bond donors (Lipinski definition) is 1. The van der Waals surface area contributed by atoms with Crippen molar-refractivity contribution in [2.24, 2.45) is 11.7 Å². The summed E-state index contributed by atoms with van der Waals surface area (Å²) in [5.41, 5.74) is 7.24. The minimum absolute atomic E-state index is 0. The maximum atomic E-state index is 11.0. The van der Waals surface area contributed by atoms with E-state index < -0.39 is 0 Å². The van der Waals surface area contributed by atoms with Gasteiger partial charge in [-0.1, -0.05) is 19.1 Å². The van der Waals surface area contributed by atoms with E-state index in [1.165, 1.54) is 12.7 Å². The summed E-state index contributed by atoms with van der Waals surface area (Å²) in [7, 11) is 1.34. The molecule has 5 nitrogen and oxygen atoms in total. The molecule has 21 heavy (non-hydrogen) atoms. The van der Waals surface area contributed by atoms with Gasteiger partial charge in [-0.25, -0.2) is 4.79 Å². The molecule has 1 fully saturated rings. The highest BCUT2D eigenvalue weighted by Gasteiger charge is 2.26. The summed E-state index contributed by atoms with van der Waals surface area (Å²) in [6.45, 7) is 5.02. The quantitative estimate of drug-likeness (QED) is 0.833. The largest absolute Gasteiger partial charge is 0.482 e. The lowest BCUT2D eigenvalue weighted by atomic mass is 10.1. The van der Waals surface area contributed by atoms with E-state index >= 15 is 0 Å². The number of likely N-dealkylation sites (tertiary alicyclic amines) is 1. The van der Waals surface area contributed by atoms with Crippen LogP contribution < -0.4 is 10.5 Å². The monoisotopic (exact) mass is 314 g/mol. The molecule has 1 aromatic carbocycles. The number of carbonyl (C=O) groups excluding carboxylic acids is 1. The van der Waals surface area contributed by atoms with Gasteiger partial charge in [0.25, 0.3) is 0 Å². The van der Waals surface area contributed by atoms with Gasteiger partial charge in [0.15, 0.2) is 6.61 Å². The maximum Gasteiger partial charge on any atom is 0.343 e. The molecule has 1 aromatic rings. The van der Waals surface area contributed by atoms with Gasteiger partial charge in [0.2, 0.25) is 0 Å². The summed E-state index contributed by atoms with van der Waals surface area (Å²) < 4.78 is 9.83. The summed E-state index contributed by atoms with van der Waals surface area (Å²) in [5, 5.41) is 0. The van der Waals surface area contributed by atoms with E-state index in [2.05, 4.69) is 16.6 Å². The molecule has 0 amide bonds. The first kappa shape index (κ1) is 17.8. The number of esters is 1. The van der Waals surface area contributed by atoms with Crippen molar-refractivity contribution in [1.82, 2.24) is 4.90 Å². The Bertz CT molecular complexity index is 443. The average molecular weight is 315 g/mol. The van der Waals surface area contributed by atoms with E-state index in [0.717, 1.165) is 19.6 Å². The highest BCUT2D eigenvalue weighted by atomic mass is 35.5. The van der Waals surface area contributed by atoms with Gasteiger partial charge < -0.3 is 15.2 Å². The Kier molecular flexibility index (Phi) is 6.95. The minimum Gasteiger partial charge on any atom is -0.482 e. The van der Waals surface area contributed by atoms with E-state index in [9.17, 15) is 4.79 Å². The van der Waals surface area contributed by atoms with Crippen LogP contribution in [0.4, 0.5) is 0 Å². The van der Waals surface area contributed by atoms with Crippen molar-refractivity contribution in [3.05, 3.63) is 29.8 Å². The van der Waals surface area contributed by atoms with Crippen molar-refractivity contribution >= 4 is 18.4 Å². The Balaban J connectivity index is 0.00000220. The molecule has 2 N–H and O–H groups in total. The third-order valence-electron chi connectivity index (χ3n) is 3.66. The molecule has 0 bridgehead atoms. The van der Waals surface area contributed by atoms with Crippen LogP contribution in [-0.4, -0.2) is 43.7 Å². The van der Waals surface area contributed by atoms with Crippen LogP contribution in [-0.2, 0) is 16.1 Å². The van der Waals surface area contributed by atoms with Crippen LogP contribution in [0.5, 0.6) is 5.75 Å². The summed E-state index contributed by atoms with van der Waals surface area (Å²) in [6.07, 6.45) is 0. The number of carbonyl (C=O) groups is 1. The number of nitrogens with zero attached hydrogens (tertiary/aromatic N) is 1. The van der Waals surface area contributed by atoms with Gasteiger partial charge in [0.1, 0.15) is 5.75 Å². The van der Waals surface area contributed by atoms with Crippen molar-refractivity contribution in [2.45, 2.75) is 19.5 Å². The first-order valence-electron chi connectivity index (χ1n) is 6.85. The lowest BCUT2D eigenvalue weighted by Crippen LogP contribution is -2.28. The summed E-state index contributed by atoms with van der Waals surface area (Å²) in [4.78, 5) is 13.3. The molecule has 1 heterocycles. The topological polar surface area (TPSA) is 64.8 Å².